The standard InChI is InChI=1S/C15H16F3N3O2S.ClH/c16-15(17,18)10-1-3-11(4-2-10)23-8-7-20-14(22)12-9-24-13(21-12)5-6-19;/h1-4,9H,5-8,19H2,(H,20,22);1H. The van der Waals surface area contributed by atoms with E-state index in [2.05, 4.69) is 10.3 Å². The number of hydrogen-bond acceptors (Lipinski definition) is 5. The molecule has 0 bridgehead atoms. The zero-order chi connectivity index (χ0) is 17.6. The third-order valence-electron chi connectivity index (χ3n) is 2.98. The molecule has 1 aromatic heterocycles. The van der Waals surface area contributed by atoms with Crippen molar-refractivity contribution >= 4 is 29.7 Å². The Morgan fingerprint density at radius 2 is 1.96 bits per heavy atom. The number of carbonyl (C=O) groups is 1. The summed E-state index contributed by atoms with van der Waals surface area (Å²) in [5, 5.41) is 5.07. The summed E-state index contributed by atoms with van der Waals surface area (Å²) in [6.45, 7) is 0.816. The van der Waals surface area contributed by atoms with Gasteiger partial charge in [0.1, 0.15) is 18.1 Å². The van der Waals surface area contributed by atoms with E-state index in [0.717, 1.165) is 17.1 Å². The maximum Gasteiger partial charge on any atom is 0.416 e. The van der Waals surface area contributed by atoms with Crippen LogP contribution in [0, 0.1) is 0 Å². The van der Waals surface area contributed by atoms with Crippen molar-refractivity contribution in [3.63, 3.8) is 0 Å². The molecule has 25 heavy (non-hydrogen) atoms. The van der Waals surface area contributed by atoms with E-state index in [4.69, 9.17) is 10.5 Å². The summed E-state index contributed by atoms with van der Waals surface area (Å²) >= 11 is 1.37. The number of rotatable bonds is 7. The average molecular weight is 396 g/mol. The number of nitrogens with zero attached hydrogens (tertiary/aromatic N) is 1. The van der Waals surface area contributed by atoms with Crippen LogP contribution in [-0.4, -0.2) is 30.6 Å². The first-order valence-electron chi connectivity index (χ1n) is 7.13. The SMILES string of the molecule is Cl.NCCc1nc(C(=O)NCCOc2ccc(C(F)(F)F)cc2)cs1. The molecule has 0 aliphatic rings. The van der Waals surface area contributed by atoms with Crippen molar-refractivity contribution in [3.05, 3.63) is 45.9 Å². The van der Waals surface area contributed by atoms with E-state index in [1.807, 2.05) is 0 Å². The van der Waals surface area contributed by atoms with E-state index in [9.17, 15) is 18.0 Å². The molecule has 3 N–H and O–H groups in total. The quantitative estimate of drug-likeness (QED) is 0.707. The number of nitrogens with one attached hydrogen (secondary N) is 1. The number of halogens is 4. The van der Waals surface area contributed by atoms with Gasteiger partial charge in [0.15, 0.2) is 0 Å². The van der Waals surface area contributed by atoms with Crippen LogP contribution in [0.4, 0.5) is 13.2 Å². The third-order valence-corrected chi connectivity index (χ3v) is 3.89. The maximum absolute atomic E-state index is 12.4. The molecule has 0 spiro atoms. The summed E-state index contributed by atoms with van der Waals surface area (Å²) in [5.41, 5.74) is 5.00. The van der Waals surface area contributed by atoms with Crippen molar-refractivity contribution in [2.75, 3.05) is 19.7 Å². The number of hydrogen-bond donors (Lipinski definition) is 2. The molecule has 1 aromatic carbocycles. The van der Waals surface area contributed by atoms with Crippen LogP contribution in [0.25, 0.3) is 0 Å². The van der Waals surface area contributed by atoms with E-state index in [-0.39, 0.29) is 31.5 Å². The number of thiazole rings is 1. The van der Waals surface area contributed by atoms with Crippen LogP contribution in [0.15, 0.2) is 29.6 Å². The van der Waals surface area contributed by atoms with Crippen molar-refractivity contribution in [2.24, 2.45) is 5.73 Å². The summed E-state index contributed by atoms with van der Waals surface area (Å²) in [6, 6.07) is 4.37. The summed E-state index contributed by atoms with van der Waals surface area (Å²) in [4.78, 5) is 16.0. The van der Waals surface area contributed by atoms with Gasteiger partial charge < -0.3 is 15.8 Å². The summed E-state index contributed by atoms with van der Waals surface area (Å²) in [5.74, 6) is -0.0262. The number of amides is 1. The van der Waals surface area contributed by atoms with Crippen molar-refractivity contribution in [2.45, 2.75) is 12.6 Å². The minimum atomic E-state index is -4.37. The molecule has 138 valence electrons. The zero-order valence-corrected chi connectivity index (χ0v) is 14.6. The highest BCUT2D eigenvalue weighted by Gasteiger charge is 2.29. The molecule has 2 rings (SSSR count). The Morgan fingerprint density at radius 1 is 1.28 bits per heavy atom. The van der Waals surface area contributed by atoms with Crippen LogP contribution in [0.3, 0.4) is 0 Å². The highest BCUT2D eigenvalue weighted by molar-refractivity contribution is 7.09. The lowest BCUT2D eigenvalue weighted by Gasteiger charge is -2.09. The second kappa shape index (κ2) is 9.59. The molecular formula is C15H17ClF3N3O2S. The number of alkyl halides is 3. The highest BCUT2D eigenvalue weighted by atomic mass is 35.5. The van der Waals surface area contributed by atoms with Crippen LogP contribution < -0.4 is 15.8 Å². The lowest BCUT2D eigenvalue weighted by atomic mass is 10.2. The Labute approximate surface area is 152 Å². The molecule has 0 saturated heterocycles. The Bertz CT molecular complexity index is 677. The second-order valence-electron chi connectivity index (χ2n) is 4.79. The molecule has 1 amide bonds. The largest absolute Gasteiger partial charge is 0.492 e. The fourth-order valence-electron chi connectivity index (χ4n) is 1.82. The second-order valence-corrected chi connectivity index (χ2v) is 5.73. The molecule has 0 saturated carbocycles. The Kier molecular flexibility index (Phi) is 8.14. The molecule has 0 fully saturated rings. The van der Waals surface area contributed by atoms with Crippen molar-refractivity contribution in [3.8, 4) is 5.75 Å². The first-order valence-corrected chi connectivity index (χ1v) is 8.01. The summed E-state index contributed by atoms with van der Waals surface area (Å²) in [7, 11) is 0. The molecule has 0 radical (unpaired) electrons. The van der Waals surface area contributed by atoms with Crippen molar-refractivity contribution < 1.29 is 22.7 Å². The van der Waals surface area contributed by atoms with Gasteiger partial charge in [-0.1, -0.05) is 0 Å². The van der Waals surface area contributed by atoms with Crippen LogP contribution in [0.2, 0.25) is 0 Å². The molecule has 0 atom stereocenters. The molecule has 0 aliphatic carbocycles. The predicted octanol–water partition coefficient (Wildman–Crippen LogP) is 2.89. The van der Waals surface area contributed by atoms with E-state index in [1.165, 1.54) is 23.5 Å². The van der Waals surface area contributed by atoms with Crippen molar-refractivity contribution in [1.29, 1.82) is 0 Å². The van der Waals surface area contributed by atoms with Gasteiger partial charge in [-0.2, -0.15) is 13.2 Å². The van der Waals surface area contributed by atoms with Gasteiger partial charge in [0, 0.05) is 11.8 Å². The maximum atomic E-state index is 12.4. The van der Waals surface area contributed by atoms with Crippen molar-refractivity contribution in [1.82, 2.24) is 10.3 Å². The number of aromatic nitrogens is 1. The summed E-state index contributed by atoms with van der Waals surface area (Å²) < 4.78 is 42.6. The lowest BCUT2D eigenvalue weighted by Crippen LogP contribution is -2.28. The van der Waals surface area contributed by atoms with Crippen LogP contribution in [0.5, 0.6) is 5.75 Å². The van der Waals surface area contributed by atoms with Gasteiger partial charge in [-0.25, -0.2) is 4.98 Å². The average Bonchev–Trinajstić information content (AvgIpc) is 3.00. The Hall–Kier alpha value is -1.84. The lowest BCUT2D eigenvalue weighted by molar-refractivity contribution is -0.137. The molecular weight excluding hydrogens is 379 g/mol. The molecule has 5 nitrogen and oxygen atoms in total. The van der Waals surface area contributed by atoms with Gasteiger partial charge in [-0.15, -0.1) is 23.7 Å². The van der Waals surface area contributed by atoms with Gasteiger partial charge in [-0.05, 0) is 30.8 Å². The molecule has 0 aliphatic heterocycles. The smallest absolute Gasteiger partial charge is 0.416 e. The Morgan fingerprint density at radius 3 is 2.56 bits per heavy atom. The van der Waals surface area contributed by atoms with Crippen LogP contribution in [-0.2, 0) is 12.6 Å². The van der Waals surface area contributed by atoms with Crippen LogP contribution >= 0.6 is 23.7 Å². The number of nitrogens with two attached hydrogens (primary N) is 1. The van der Waals surface area contributed by atoms with Gasteiger partial charge in [-0.3, -0.25) is 4.79 Å². The van der Waals surface area contributed by atoms with Gasteiger partial charge in [0.2, 0.25) is 0 Å². The number of benzene rings is 1. The number of ether oxygens (including phenoxy) is 1. The fraction of sp³-hybridized carbons (Fsp3) is 0.333. The number of carbonyl (C=O) groups excluding carboxylic acids is 1. The van der Waals surface area contributed by atoms with Gasteiger partial charge in [0.05, 0.1) is 17.1 Å². The fourth-order valence-corrected chi connectivity index (χ4v) is 2.61. The van der Waals surface area contributed by atoms with Gasteiger partial charge in [0.25, 0.3) is 5.91 Å². The topological polar surface area (TPSA) is 77.2 Å². The molecule has 10 heteroatoms. The highest BCUT2D eigenvalue weighted by Crippen LogP contribution is 2.30. The molecule has 2 aromatic rings. The molecule has 0 unspecified atom stereocenters. The predicted molar refractivity (Wildman–Crippen MR) is 91.4 cm³/mol. The van der Waals surface area contributed by atoms with Gasteiger partial charge >= 0.3 is 6.18 Å². The third kappa shape index (κ3) is 6.52. The first kappa shape index (κ1) is 21.2. The minimum absolute atomic E-state index is 0. The Balaban J connectivity index is 0.00000312. The normalized spacial score (nSPS) is 10.9. The summed E-state index contributed by atoms with van der Waals surface area (Å²) in [6.07, 6.45) is -3.75. The monoisotopic (exact) mass is 395 g/mol. The van der Waals surface area contributed by atoms with E-state index < -0.39 is 11.7 Å². The van der Waals surface area contributed by atoms with E-state index in [1.54, 1.807) is 5.38 Å². The first-order chi connectivity index (χ1) is 11.4. The zero-order valence-electron chi connectivity index (χ0n) is 13.0. The van der Waals surface area contributed by atoms with Crippen LogP contribution in [0.1, 0.15) is 21.1 Å². The molecule has 1 heterocycles. The van der Waals surface area contributed by atoms with E-state index >= 15 is 0 Å². The van der Waals surface area contributed by atoms with E-state index in [0.29, 0.717) is 24.4 Å². The minimum Gasteiger partial charge on any atom is -0.492 e.